The van der Waals surface area contributed by atoms with Crippen LogP contribution in [0.15, 0.2) is 0 Å². The summed E-state index contributed by atoms with van der Waals surface area (Å²) in [5, 5.41) is 24.4. The first-order valence-electron chi connectivity index (χ1n) is 9.75. The Kier molecular flexibility index (Phi) is 39.9. The zero-order valence-electron chi connectivity index (χ0n) is 17.9. The number of hydrogen-bond acceptors (Lipinski definition) is 5. The van der Waals surface area contributed by atoms with E-state index in [0.717, 1.165) is 32.1 Å². The molecule has 0 heterocycles. The van der Waals surface area contributed by atoms with Crippen molar-refractivity contribution in [3.63, 3.8) is 0 Å². The summed E-state index contributed by atoms with van der Waals surface area (Å²) in [7, 11) is 0. The summed E-state index contributed by atoms with van der Waals surface area (Å²) in [6.45, 7) is 15.5. The molecule has 0 rings (SSSR count). The van der Waals surface area contributed by atoms with Crippen LogP contribution in [-0.2, 0) is 9.53 Å². The van der Waals surface area contributed by atoms with Crippen molar-refractivity contribution in [2.75, 3.05) is 26.4 Å². The maximum absolute atomic E-state index is 10.6. The van der Waals surface area contributed by atoms with E-state index in [-0.39, 0.29) is 5.97 Å². The molecule has 25 heavy (non-hydrogen) atoms. The topological polar surface area (TPSA) is 87.0 Å². The van der Waals surface area contributed by atoms with Crippen LogP contribution < -0.4 is 0 Å². The van der Waals surface area contributed by atoms with Gasteiger partial charge in [-0.05, 0) is 38.0 Å². The predicted molar refractivity (Wildman–Crippen MR) is 107 cm³/mol. The van der Waals surface area contributed by atoms with Crippen LogP contribution in [0.2, 0.25) is 0 Å². The molecule has 5 nitrogen and oxygen atoms in total. The van der Waals surface area contributed by atoms with E-state index in [2.05, 4.69) is 27.7 Å². The predicted octanol–water partition coefficient (Wildman–Crippen LogP) is 4.18. The molecule has 0 saturated heterocycles. The van der Waals surface area contributed by atoms with Gasteiger partial charge in [0, 0.05) is 26.2 Å². The lowest BCUT2D eigenvalue weighted by molar-refractivity contribution is -0.143. The first-order valence-corrected chi connectivity index (χ1v) is 9.75. The highest BCUT2D eigenvalue weighted by molar-refractivity contribution is 5.69. The van der Waals surface area contributed by atoms with Crippen molar-refractivity contribution in [1.82, 2.24) is 0 Å². The van der Waals surface area contributed by atoms with E-state index >= 15 is 0 Å². The van der Waals surface area contributed by atoms with Crippen molar-refractivity contribution in [2.45, 2.75) is 87.0 Å². The average Bonchev–Trinajstić information content (AvgIpc) is 2.55. The number of aliphatic hydroxyl groups is 3. The number of rotatable bonds is 9. The summed E-state index contributed by atoms with van der Waals surface area (Å²) >= 11 is 0. The van der Waals surface area contributed by atoms with Gasteiger partial charge in [0.05, 0.1) is 6.61 Å². The molecular weight excluding hydrogens is 320 g/mol. The summed E-state index contributed by atoms with van der Waals surface area (Å²) < 4.78 is 4.70. The number of esters is 1. The third-order valence-electron chi connectivity index (χ3n) is 2.62. The van der Waals surface area contributed by atoms with E-state index in [4.69, 9.17) is 20.1 Å². The molecule has 0 aliphatic rings. The fourth-order valence-electron chi connectivity index (χ4n) is 0.971. The molecule has 3 N–H and O–H groups in total. The number of carbonyl (C=O) groups excluding carboxylic acids is 1. The van der Waals surface area contributed by atoms with E-state index in [1.807, 2.05) is 20.8 Å². The molecule has 0 atom stereocenters. The number of unbranched alkanes of at least 4 members (excludes halogenated alkanes) is 2. The summed E-state index contributed by atoms with van der Waals surface area (Å²) in [5.74, 6) is 1.02. The van der Waals surface area contributed by atoms with Gasteiger partial charge in [-0.1, -0.05) is 54.4 Å². The van der Waals surface area contributed by atoms with Crippen LogP contribution in [-0.4, -0.2) is 47.7 Å². The zero-order valence-corrected chi connectivity index (χ0v) is 17.9. The molecule has 0 aliphatic heterocycles. The number of hydrogen-bond donors (Lipinski definition) is 3. The van der Waals surface area contributed by atoms with Gasteiger partial charge in [-0.3, -0.25) is 4.79 Å². The standard InChI is InChI=1S/C7H14O2.C5H12O.2C4H10O/c1-3-5-6-7(8)9-4-2;1-5(2)3-4-6;1-4(2)3-5;1-2-3-4-5/h3-6H2,1-2H3;5-6H,3-4H2,1-2H3;4-5H,3H2,1-2H3;5H,2-4H2,1H3. The lowest BCUT2D eigenvalue weighted by atomic mass is 10.2. The minimum Gasteiger partial charge on any atom is -0.466 e. The Morgan fingerprint density at radius 1 is 0.840 bits per heavy atom. The van der Waals surface area contributed by atoms with Gasteiger partial charge in [0.25, 0.3) is 0 Å². The Hall–Kier alpha value is -0.650. The molecule has 0 aromatic rings. The van der Waals surface area contributed by atoms with Crippen molar-refractivity contribution in [3.05, 3.63) is 0 Å². The van der Waals surface area contributed by atoms with Gasteiger partial charge in [0.1, 0.15) is 0 Å². The Bertz CT molecular complexity index is 216. The van der Waals surface area contributed by atoms with Crippen molar-refractivity contribution in [3.8, 4) is 0 Å². The molecule has 0 aromatic carbocycles. The van der Waals surface area contributed by atoms with Crippen LogP contribution in [0.25, 0.3) is 0 Å². The van der Waals surface area contributed by atoms with Crippen molar-refractivity contribution in [2.24, 2.45) is 11.8 Å². The molecule has 0 aromatic heterocycles. The number of aliphatic hydroxyl groups excluding tert-OH is 3. The minimum absolute atomic E-state index is 0.0700. The first kappa shape index (κ1) is 32.1. The Labute approximate surface area is 156 Å². The van der Waals surface area contributed by atoms with Crippen molar-refractivity contribution in [1.29, 1.82) is 0 Å². The summed E-state index contributed by atoms with van der Waals surface area (Å²) in [6, 6.07) is 0. The van der Waals surface area contributed by atoms with E-state index < -0.39 is 0 Å². The monoisotopic (exact) mass is 366 g/mol. The van der Waals surface area contributed by atoms with E-state index in [1.54, 1.807) is 0 Å². The lowest BCUT2D eigenvalue weighted by Crippen LogP contribution is -2.02. The van der Waals surface area contributed by atoms with Crippen LogP contribution >= 0.6 is 0 Å². The summed E-state index contributed by atoms with van der Waals surface area (Å²) in [6.07, 6.45) is 5.54. The molecular formula is C20H46O5. The van der Waals surface area contributed by atoms with Gasteiger partial charge in [0.2, 0.25) is 0 Å². The number of carbonyl (C=O) groups is 1. The molecule has 0 saturated carbocycles. The number of ether oxygens (including phenoxy) is 1. The molecule has 0 radical (unpaired) electrons. The molecule has 0 amide bonds. The van der Waals surface area contributed by atoms with Crippen molar-refractivity contribution >= 4 is 5.97 Å². The van der Waals surface area contributed by atoms with E-state index in [0.29, 0.717) is 44.7 Å². The second-order valence-electron chi connectivity index (χ2n) is 6.47. The first-order chi connectivity index (χ1) is 11.8. The Morgan fingerprint density at radius 3 is 1.48 bits per heavy atom. The summed E-state index contributed by atoms with van der Waals surface area (Å²) in [5.41, 5.74) is 0. The van der Waals surface area contributed by atoms with Gasteiger partial charge >= 0.3 is 5.97 Å². The van der Waals surface area contributed by atoms with Crippen LogP contribution in [0, 0.1) is 11.8 Å². The zero-order chi connectivity index (χ0) is 20.5. The van der Waals surface area contributed by atoms with E-state index in [9.17, 15) is 4.79 Å². The lowest BCUT2D eigenvalue weighted by Gasteiger charge is -1.97. The maximum Gasteiger partial charge on any atom is 0.305 e. The third-order valence-corrected chi connectivity index (χ3v) is 2.62. The Balaban J connectivity index is -0.000000122. The van der Waals surface area contributed by atoms with Gasteiger partial charge in [-0.2, -0.15) is 0 Å². The minimum atomic E-state index is -0.0700. The normalized spacial score (nSPS) is 9.28. The molecule has 0 fully saturated rings. The van der Waals surface area contributed by atoms with Gasteiger partial charge in [0.15, 0.2) is 0 Å². The molecule has 5 heteroatoms. The highest BCUT2D eigenvalue weighted by atomic mass is 16.5. The fourth-order valence-corrected chi connectivity index (χ4v) is 0.971. The van der Waals surface area contributed by atoms with Gasteiger partial charge in [-0.25, -0.2) is 0 Å². The second kappa shape index (κ2) is 31.2. The fraction of sp³-hybridized carbons (Fsp3) is 0.950. The quantitative estimate of drug-likeness (QED) is 0.533. The van der Waals surface area contributed by atoms with Crippen molar-refractivity contribution < 1.29 is 24.9 Å². The van der Waals surface area contributed by atoms with Crippen LogP contribution in [0.1, 0.15) is 87.0 Å². The van der Waals surface area contributed by atoms with Crippen LogP contribution in [0.3, 0.4) is 0 Å². The average molecular weight is 367 g/mol. The highest BCUT2D eigenvalue weighted by Gasteiger charge is 1.97. The van der Waals surface area contributed by atoms with Crippen LogP contribution in [0.5, 0.6) is 0 Å². The van der Waals surface area contributed by atoms with Gasteiger partial charge < -0.3 is 20.1 Å². The molecule has 0 spiro atoms. The molecule has 156 valence electrons. The third kappa shape index (κ3) is 59.7. The maximum atomic E-state index is 10.6. The molecule has 0 aliphatic carbocycles. The Morgan fingerprint density at radius 2 is 1.32 bits per heavy atom. The highest BCUT2D eigenvalue weighted by Crippen LogP contribution is 1.95. The molecule has 0 bridgehead atoms. The van der Waals surface area contributed by atoms with Crippen LogP contribution in [0.4, 0.5) is 0 Å². The smallest absolute Gasteiger partial charge is 0.305 e. The second-order valence-corrected chi connectivity index (χ2v) is 6.47. The molecule has 0 unspecified atom stereocenters. The largest absolute Gasteiger partial charge is 0.466 e. The van der Waals surface area contributed by atoms with E-state index in [1.165, 1.54) is 0 Å². The summed E-state index contributed by atoms with van der Waals surface area (Å²) in [4.78, 5) is 10.6. The SMILES string of the molecule is CC(C)CCO.CC(C)CO.CCCCC(=O)OCC.CCCCO. The van der Waals surface area contributed by atoms with Gasteiger partial charge in [-0.15, -0.1) is 0 Å².